The topological polar surface area (TPSA) is 41.6 Å². The third kappa shape index (κ3) is 5.70. The molecule has 0 saturated carbocycles. The summed E-state index contributed by atoms with van der Waals surface area (Å²) in [6, 6.07) is 8.05. The van der Waals surface area contributed by atoms with Crippen LogP contribution in [-0.2, 0) is 4.74 Å². The SMILES string of the molecule is CCOCCCNC(=O)N1CCCCC[C@@H]1c1ccc(Cl)cc1. The Balaban J connectivity index is 1.97. The Morgan fingerprint density at radius 3 is 2.83 bits per heavy atom. The molecule has 1 aliphatic heterocycles. The van der Waals surface area contributed by atoms with Crippen molar-refractivity contribution in [1.82, 2.24) is 10.2 Å². The third-order valence-electron chi connectivity index (χ3n) is 4.21. The average Bonchev–Trinajstić information content (AvgIpc) is 2.81. The van der Waals surface area contributed by atoms with Crippen LogP contribution in [0, 0.1) is 0 Å². The minimum Gasteiger partial charge on any atom is -0.382 e. The number of halogens is 1. The number of rotatable bonds is 6. The molecule has 23 heavy (non-hydrogen) atoms. The molecule has 1 heterocycles. The minimum absolute atomic E-state index is 0.0309. The van der Waals surface area contributed by atoms with E-state index in [2.05, 4.69) is 5.32 Å². The van der Waals surface area contributed by atoms with E-state index >= 15 is 0 Å². The van der Waals surface area contributed by atoms with Crippen molar-refractivity contribution in [2.45, 2.75) is 45.1 Å². The summed E-state index contributed by atoms with van der Waals surface area (Å²) in [6.07, 6.45) is 5.25. The van der Waals surface area contributed by atoms with E-state index in [0.717, 1.165) is 43.9 Å². The van der Waals surface area contributed by atoms with Crippen LogP contribution in [0.25, 0.3) is 0 Å². The van der Waals surface area contributed by atoms with Crippen LogP contribution >= 0.6 is 11.6 Å². The van der Waals surface area contributed by atoms with Gasteiger partial charge < -0.3 is 15.0 Å². The number of amides is 2. The molecule has 2 amide bonds. The summed E-state index contributed by atoms with van der Waals surface area (Å²) in [4.78, 5) is 14.6. The summed E-state index contributed by atoms with van der Waals surface area (Å²) in [5.74, 6) is 0. The van der Waals surface area contributed by atoms with E-state index in [1.807, 2.05) is 36.1 Å². The Labute approximate surface area is 144 Å². The van der Waals surface area contributed by atoms with Gasteiger partial charge in [0.2, 0.25) is 0 Å². The molecule has 2 rings (SSSR count). The lowest BCUT2D eigenvalue weighted by molar-refractivity contribution is 0.142. The third-order valence-corrected chi connectivity index (χ3v) is 4.47. The quantitative estimate of drug-likeness (QED) is 0.781. The van der Waals surface area contributed by atoms with Gasteiger partial charge in [-0.15, -0.1) is 0 Å². The number of benzene rings is 1. The smallest absolute Gasteiger partial charge is 0.317 e. The number of nitrogens with one attached hydrogen (secondary N) is 1. The Bertz CT molecular complexity index is 478. The number of carbonyl (C=O) groups excluding carboxylic acids is 1. The second-order valence-electron chi connectivity index (χ2n) is 5.89. The summed E-state index contributed by atoms with van der Waals surface area (Å²) in [5.41, 5.74) is 1.17. The van der Waals surface area contributed by atoms with Crippen molar-refractivity contribution < 1.29 is 9.53 Å². The lowest BCUT2D eigenvalue weighted by atomic mass is 10.0. The van der Waals surface area contributed by atoms with Crippen molar-refractivity contribution in [2.24, 2.45) is 0 Å². The fourth-order valence-corrected chi connectivity index (χ4v) is 3.12. The van der Waals surface area contributed by atoms with Gasteiger partial charge in [-0.05, 0) is 43.9 Å². The van der Waals surface area contributed by atoms with Crippen molar-refractivity contribution in [2.75, 3.05) is 26.3 Å². The van der Waals surface area contributed by atoms with E-state index < -0.39 is 0 Å². The predicted molar refractivity (Wildman–Crippen MR) is 93.9 cm³/mol. The van der Waals surface area contributed by atoms with Gasteiger partial charge in [0.25, 0.3) is 0 Å². The lowest BCUT2D eigenvalue weighted by Crippen LogP contribution is -2.42. The van der Waals surface area contributed by atoms with Crippen LogP contribution in [0.15, 0.2) is 24.3 Å². The van der Waals surface area contributed by atoms with E-state index in [0.29, 0.717) is 13.2 Å². The molecule has 128 valence electrons. The predicted octanol–water partition coefficient (Wildman–Crippen LogP) is 4.39. The fraction of sp³-hybridized carbons (Fsp3) is 0.611. The standard InChI is InChI=1S/C18H27ClN2O2/c1-2-23-14-6-12-20-18(22)21-13-5-3-4-7-17(21)15-8-10-16(19)11-9-15/h8-11,17H,2-7,12-14H2,1H3,(H,20,22)/t17-/m1/s1. The molecule has 1 atom stereocenters. The number of hydrogen-bond acceptors (Lipinski definition) is 2. The number of nitrogens with zero attached hydrogens (tertiary/aromatic N) is 1. The molecule has 1 saturated heterocycles. The van der Waals surface area contributed by atoms with Gasteiger partial charge in [-0.2, -0.15) is 0 Å². The Morgan fingerprint density at radius 1 is 1.30 bits per heavy atom. The first-order chi connectivity index (χ1) is 11.2. The van der Waals surface area contributed by atoms with Gasteiger partial charge in [-0.1, -0.05) is 36.6 Å². The van der Waals surface area contributed by atoms with E-state index in [1.165, 1.54) is 12.0 Å². The van der Waals surface area contributed by atoms with Crippen LogP contribution in [0.4, 0.5) is 4.79 Å². The average molecular weight is 339 g/mol. The first-order valence-electron chi connectivity index (χ1n) is 8.60. The van der Waals surface area contributed by atoms with Crippen LogP contribution in [0.1, 0.15) is 50.6 Å². The summed E-state index contributed by atoms with van der Waals surface area (Å²) < 4.78 is 5.31. The molecule has 5 heteroatoms. The minimum atomic E-state index is 0.0309. The normalized spacial score (nSPS) is 18.5. The van der Waals surface area contributed by atoms with Crippen molar-refractivity contribution in [3.8, 4) is 0 Å². The number of carbonyl (C=O) groups is 1. The highest BCUT2D eigenvalue weighted by atomic mass is 35.5. The number of likely N-dealkylation sites (tertiary alicyclic amines) is 1. The maximum atomic E-state index is 12.6. The van der Waals surface area contributed by atoms with E-state index in [9.17, 15) is 4.79 Å². The van der Waals surface area contributed by atoms with Crippen molar-refractivity contribution in [1.29, 1.82) is 0 Å². The lowest BCUT2D eigenvalue weighted by Gasteiger charge is -2.30. The Morgan fingerprint density at radius 2 is 2.09 bits per heavy atom. The maximum absolute atomic E-state index is 12.6. The van der Waals surface area contributed by atoms with Gasteiger partial charge in [0, 0.05) is 31.3 Å². The Hall–Kier alpha value is -1.26. The number of hydrogen-bond donors (Lipinski definition) is 1. The summed E-state index contributed by atoms with van der Waals surface area (Å²) in [7, 11) is 0. The van der Waals surface area contributed by atoms with E-state index in [4.69, 9.17) is 16.3 Å². The second kappa shape index (κ2) is 9.78. The van der Waals surface area contributed by atoms with Gasteiger partial charge >= 0.3 is 6.03 Å². The molecule has 1 aromatic rings. The highest BCUT2D eigenvalue weighted by molar-refractivity contribution is 6.30. The molecule has 0 aromatic heterocycles. The molecule has 1 N–H and O–H groups in total. The van der Waals surface area contributed by atoms with Crippen LogP contribution in [0.3, 0.4) is 0 Å². The van der Waals surface area contributed by atoms with Gasteiger partial charge in [0.15, 0.2) is 0 Å². The van der Waals surface area contributed by atoms with Crippen molar-refractivity contribution in [3.05, 3.63) is 34.9 Å². The van der Waals surface area contributed by atoms with Gasteiger partial charge in [0.1, 0.15) is 0 Å². The van der Waals surface area contributed by atoms with Crippen molar-refractivity contribution >= 4 is 17.6 Å². The van der Waals surface area contributed by atoms with E-state index in [1.54, 1.807) is 0 Å². The second-order valence-corrected chi connectivity index (χ2v) is 6.33. The molecular weight excluding hydrogens is 312 g/mol. The zero-order chi connectivity index (χ0) is 16.5. The zero-order valence-electron chi connectivity index (χ0n) is 13.9. The summed E-state index contributed by atoms with van der Waals surface area (Å²) in [5, 5.41) is 3.76. The number of ether oxygens (including phenoxy) is 1. The van der Waals surface area contributed by atoms with Crippen LogP contribution in [0.5, 0.6) is 0 Å². The molecule has 0 aliphatic carbocycles. The first kappa shape index (κ1) is 18.1. The van der Waals surface area contributed by atoms with Crippen LogP contribution in [0.2, 0.25) is 5.02 Å². The molecule has 1 fully saturated rings. The van der Waals surface area contributed by atoms with Crippen molar-refractivity contribution in [3.63, 3.8) is 0 Å². The molecular formula is C18H27ClN2O2. The Kier molecular flexibility index (Phi) is 7.69. The molecule has 0 radical (unpaired) electrons. The van der Waals surface area contributed by atoms with E-state index in [-0.39, 0.29) is 12.1 Å². The first-order valence-corrected chi connectivity index (χ1v) is 8.98. The number of urea groups is 1. The zero-order valence-corrected chi connectivity index (χ0v) is 14.6. The monoisotopic (exact) mass is 338 g/mol. The molecule has 0 spiro atoms. The largest absolute Gasteiger partial charge is 0.382 e. The van der Waals surface area contributed by atoms with Crippen LogP contribution < -0.4 is 5.32 Å². The van der Waals surface area contributed by atoms with Gasteiger partial charge in [-0.25, -0.2) is 4.79 Å². The molecule has 0 unspecified atom stereocenters. The highest BCUT2D eigenvalue weighted by Crippen LogP contribution is 2.30. The summed E-state index contributed by atoms with van der Waals surface area (Å²) >= 11 is 5.99. The summed E-state index contributed by atoms with van der Waals surface area (Å²) in [6.45, 7) is 4.86. The molecule has 1 aromatic carbocycles. The van der Waals surface area contributed by atoms with Gasteiger partial charge in [0.05, 0.1) is 6.04 Å². The van der Waals surface area contributed by atoms with Gasteiger partial charge in [-0.3, -0.25) is 0 Å². The van der Waals surface area contributed by atoms with Crippen LogP contribution in [-0.4, -0.2) is 37.2 Å². The fourth-order valence-electron chi connectivity index (χ4n) is 3.00. The molecule has 0 bridgehead atoms. The highest BCUT2D eigenvalue weighted by Gasteiger charge is 2.26. The maximum Gasteiger partial charge on any atom is 0.317 e. The molecule has 1 aliphatic rings. The molecule has 4 nitrogen and oxygen atoms in total.